The number of hydrogen-bond donors (Lipinski definition) is 1. The highest BCUT2D eigenvalue weighted by Crippen LogP contribution is 2.29. The van der Waals surface area contributed by atoms with Crippen LogP contribution in [0.5, 0.6) is 0 Å². The van der Waals surface area contributed by atoms with Crippen molar-refractivity contribution < 1.29 is 0 Å². The SMILES string of the molecule is Cl/C=C/CNC1CCN(C2CC2)C1. The molecule has 1 atom stereocenters. The largest absolute Gasteiger partial charge is 0.309 e. The van der Waals surface area contributed by atoms with E-state index in [9.17, 15) is 0 Å². The number of rotatable bonds is 4. The summed E-state index contributed by atoms with van der Waals surface area (Å²) in [6, 6.07) is 1.61. The number of likely N-dealkylation sites (tertiary alicyclic amines) is 1. The second-order valence-electron chi connectivity index (χ2n) is 3.98. The zero-order valence-corrected chi connectivity index (χ0v) is 8.63. The van der Waals surface area contributed by atoms with Gasteiger partial charge in [0.25, 0.3) is 0 Å². The molecule has 2 fully saturated rings. The number of hydrogen-bond acceptors (Lipinski definition) is 2. The van der Waals surface area contributed by atoms with Crippen LogP contribution >= 0.6 is 11.6 Å². The van der Waals surface area contributed by atoms with E-state index in [0.29, 0.717) is 6.04 Å². The summed E-state index contributed by atoms with van der Waals surface area (Å²) in [6.07, 6.45) is 6.11. The molecule has 74 valence electrons. The van der Waals surface area contributed by atoms with Gasteiger partial charge in [0.1, 0.15) is 0 Å². The van der Waals surface area contributed by atoms with Crippen LogP contribution in [0.4, 0.5) is 0 Å². The Bertz CT molecular complexity index is 189. The Labute approximate surface area is 84.9 Å². The predicted octanol–water partition coefficient (Wildman–Crippen LogP) is 1.57. The average Bonchev–Trinajstić information content (AvgIpc) is 2.88. The van der Waals surface area contributed by atoms with E-state index in [1.54, 1.807) is 5.54 Å². The summed E-state index contributed by atoms with van der Waals surface area (Å²) in [5, 5.41) is 3.48. The molecule has 0 spiro atoms. The van der Waals surface area contributed by atoms with Gasteiger partial charge in [0.05, 0.1) is 0 Å². The molecule has 1 unspecified atom stereocenters. The lowest BCUT2D eigenvalue weighted by molar-refractivity contribution is 0.319. The fourth-order valence-electron chi connectivity index (χ4n) is 2.00. The summed E-state index contributed by atoms with van der Waals surface area (Å²) < 4.78 is 0. The summed E-state index contributed by atoms with van der Waals surface area (Å²) in [6.45, 7) is 3.43. The van der Waals surface area contributed by atoms with Gasteiger partial charge in [0.2, 0.25) is 0 Å². The Morgan fingerprint density at radius 2 is 2.23 bits per heavy atom. The fourth-order valence-corrected chi connectivity index (χ4v) is 2.09. The van der Waals surface area contributed by atoms with Crippen LogP contribution in [0.1, 0.15) is 19.3 Å². The van der Waals surface area contributed by atoms with Crippen LogP contribution < -0.4 is 5.32 Å². The molecule has 1 aliphatic heterocycles. The maximum absolute atomic E-state index is 5.45. The summed E-state index contributed by atoms with van der Waals surface area (Å²) in [7, 11) is 0. The summed E-state index contributed by atoms with van der Waals surface area (Å²) in [5.41, 5.74) is 1.58. The maximum Gasteiger partial charge on any atom is 0.0210 e. The lowest BCUT2D eigenvalue weighted by Gasteiger charge is -2.14. The van der Waals surface area contributed by atoms with Crippen molar-refractivity contribution in [2.75, 3.05) is 19.6 Å². The van der Waals surface area contributed by atoms with Crippen molar-refractivity contribution in [2.24, 2.45) is 0 Å². The third-order valence-electron chi connectivity index (χ3n) is 2.90. The molecule has 2 aliphatic rings. The van der Waals surface area contributed by atoms with Gasteiger partial charge in [-0.25, -0.2) is 0 Å². The molecular formula is C10H17ClN2. The first-order chi connectivity index (χ1) is 6.40. The van der Waals surface area contributed by atoms with Crippen LogP contribution in [0.25, 0.3) is 0 Å². The third kappa shape index (κ3) is 2.70. The summed E-state index contributed by atoms with van der Waals surface area (Å²) >= 11 is 5.45. The van der Waals surface area contributed by atoms with Gasteiger partial charge in [-0.3, -0.25) is 4.90 Å². The second-order valence-corrected chi connectivity index (χ2v) is 4.23. The van der Waals surface area contributed by atoms with E-state index < -0.39 is 0 Å². The monoisotopic (exact) mass is 200 g/mol. The Hall–Kier alpha value is -0.0500. The van der Waals surface area contributed by atoms with Gasteiger partial charge in [-0.2, -0.15) is 0 Å². The minimum absolute atomic E-state index is 0.688. The number of halogens is 1. The van der Waals surface area contributed by atoms with Gasteiger partial charge in [0.15, 0.2) is 0 Å². The normalized spacial score (nSPS) is 30.4. The summed E-state index contributed by atoms with van der Waals surface area (Å²) in [5.74, 6) is 0. The van der Waals surface area contributed by atoms with Gasteiger partial charge in [-0.1, -0.05) is 17.7 Å². The molecule has 1 saturated heterocycles. The highest BCUT2D eigenvalue weighted by molar-refractivity contribution is 6.25. The van der Waals surface area contributed by atoms with Crippen molar-refractivity contribution >= 4 is 11.6 Å². The lowest BCUT2D eigenvalue weighted by atomic mass is 10.2. The molecule has 0 bridgehead atoms. The average molecular weight is 201 g/mol. The van der Waals surface area contributed by atoms with Gasteiger partial charge < -0.3 is 5.32 Å². The second kappa shape index (κ2) is 4.45. The molecule has 13 heavy (non-hydrogen) atoms. The van der Waals surface area contributed by atoms with Gasteiger partial charge in [0, 0.05) is 37.3 Å². The van der Waals surface area contributed by atoms with Crippen LogP contribution in [0.3, 0.4) is 0 Å². The van der Waals surface area contributed by atoms with E-state index in [1.807, 2.05) is 6.08 Å². The molecule has 1 saturated carbocycles. The Balaban J connectivity index is 1.65. The van der Waals surface area contributed by atoms with E-state index >= 15 is 0 Å². The third-order valence-corrected chi connectivity index (χ3v) is 3.07. The molecule has 3 heteroatoms. The Morgan fingerprint density at radius 1 is 1.38 bits per heavy atom. The van der Waals surface area contributed by atoms with Gasteiger partial charge in [-0.15, -0.1) is 0 Å². The lowest BCUT2D eigenvalue weighted by Crippen LogP contribution is -2.33. The molecule has 0 aromatic carbocycles. The van der Waals surface area contributed by atoms with Crippen LogP contribution in [0, 0.1) is 0 Å². The minimum Gasteiger partial charge on any atom is -0.309 e. The molecule has 1 N–H and O–H groups in total. The smallest absolute Gasteiger partial charge is 0.0210 e. The molecule has 0 amide bonds. The van der Waals surface area contributed by atoms with Crippen LogP contribution in [0.15, 0.2) is 11.6 Å². The van der Waals surface area contributed by atoms with E-state index in [1.165, 1.54) is 32.4 Å². The zero-order chi connectivity index (χ0) is 9.10. The Morgan fingerprint density at radius 3 is 2.92 bits per heavy atom. The fraction of sp³-hybridized carbons (Fsp3) is 0.800. The zero-order valence-electron chi connectivity index (χ0n) is 7.88. The van der Waals surface area contributed by atoms with Crippen LogP contribution in [-0.2, 0) is 0 Å². The van der Waals surface area contributed by atoms with E-state index in [4.69, 9.17) is 11.6 Å². The van der Waals surface area contributed by atoms with E-state index in [-0.39, 0.29) is 0 Å². The van der Waals surface area contributed by atoms with Crippen LogP contribution in [-0.4, -0.2) is 36.6 Å². The molecule has 0 aromatic heterocycles. The van der Waals surface area contributed by atoms with Crippen molar-refractivity contribution in [1.82, 2.24) is 10.2 Å². The molecule has 1 aliphatic carbocycles. The first-order valence-electron chi connectivity index (χ1n) is 5.13. The van der Waals surface area contributed by atoms with Crippen molar-refractivity contribution in [1.29, 1.82) is 0 Å². The van der Waals surface area contributed by atoms with Crippen molar-refractivity contribution in [3.63, 3.8) is 0 Å². The topological polar surface area (TPSA) is 15.3 Å². The van der Waals surface area contributed by atoms with E-state index in [2.05, 4.69) is 10.2 Å². The predicted molar refractivity (Wildman–Crippen MR) is 56.0 cm³/mol. The van der Waals surface area contributed by atoms with Gasteiger partial charge in [-0.05, 0) is 19.3 Å². The van der Waals surface area contributed by atoms with Crippen molar-refractivity contribution in [2.45, 2.75) is 31.3 Å². The first kappa shape index (κ1) is 9.50. The number of nitrogens with one attached hydrogen (secondary N) is 1. The molecule has 0 aromatic rings. The van der Waals surface area contributed by atoms with E-state index in [0.717, 1.165) is 12.6 Å². The highest BCUT2D eigenvalue weighted by atomic mass is 35.5. The quantitative estimate of drug-likeness (QED) is 0.741. The standard InChI is InChI=1S/C10H17ClN2/c11-5-1-6-12-9-4-7-13(8-9)10-2-3-10/h1,5,9-10,12H,2-4,6-8H2/b5-1+. The maximum atomic E-state index is 5.45. The van der Waals surface area contributed by atoms with Crippen molar-refractivity contribution in [3.8, 4) is 0 Å². The highest BCUT2D eigenvalue weighted by Gasteiger charge is 2.33. The minimum atomic E-state index is 0.688. The molecule has 1 heterocycles. The van der Waals surface area contributed by atoms with Crippen LogP contribution in [0.2, 0.25) is 0 Å². The van der Waals surface area contributed by atoms with Gasteiger partial charge >= 0.3 is 0 Å². The molecule has 2 rings (SSSR count). The molecule has 2 nitrogen and oxygen atoms in total. The molecular weight excluding hydrogens is 184 g/mol. The summed E-state index contributed by atoms with van der Waals surface area (Å²) in [4.78, 5) is 2.61. The molecule has 0 radical (unpaired) electrons. The number of nitrogens with zero attached hydrogens (tertiary/aromatic N) is 1. The van der Waals surface area contributed by atoms with Crippen molar-refractivity contribution in [3.05, 3.63) is 11.6 Å². The first-order valence-corrected chi connectivity index (χ1v) is 5.56. The Kier molecular flexibility index (Phi) is 3.25.